The highest BCUT2D eigenvalue weighted by Crippen LogP contribution is 2.06. The van der Waals surface area contributed by atoms with Crippen molar-refractivity contribution in [3.63, 3.8) is 0 Å². The van der Waals surface area contributed by atoms with Gasteiger partial charge in [-0.25, -0.2) is 4.98 Å². The number of halogens is 1. The lowest BCUT2D eigenvalue weighted by Crippen LogP contribution is -2.43. The number of hydrogen-bond acceptors (Lipinski definition) is 4. The minimum Gasteiger partial charge on any atom is -0.354 e. The normalized spacial score (nSPS) is 14.5. The first-order valence-electron chi connectivity index (χ1n) is 6.81. The van der Waals surface area contributed by atoms with E-state index >= 15 is 0 Å². The molecule has 1 aliphatic rings. The number of nitrogens with one attached hydrogen (secondary N) is 2. The molecule has 1 aliphatic heterocycles. The largest absolute Gasteiger partial charge is 0.354 e. The standard InChI is InChI=1S/C13H20N6O.HI/c1-14-13(19-8-2-3-9-19)18-7-6-17-12(20)11-10-15-4-5-16-11;/h4-5,10H,2-3,6-9H2,1H3,(H,14,18)(H,17,20);1H. The summed E-state index contributed by atoms with van der Waals surface area (Å²) in [6.45, 7) is 3.24. The zero-order chi connectivity index (χ0) is 14.2. The van der Waals surface area contributed by atoms with Gasteiger partial charge in [-0.2, -0.15) is 0 Å². The third-order valence-electron chi connectivity index (χ3n) is 3.11. The quantitative estimate of drug-likeness (QED) is 0.331. The molecule has 2 N–H and O–H groups in total. The number of amides is 1. The third kappa shape index (κ3) is 5.44. The second-order valence-electron chi connectivity index (χ2n) is 4.51. The van der Waals surface area contributed by atoms with Crippen LogP contribution >= 0.6 is 24.0 Å². The first-order valence-corrected chi connectivity index (χ1v) is 6.81. The molecular weight excluding hydrogens is 383 g/mol. The summed E-state index contributed by atoms with van der Waals surface area (Å²) in [6, 6.07) is 0. The number of nitrogens with zero attached hydrogens (tertiary/aromatic N) is 4. The van der Waals surface area contributed by atoms with Crippen molar-refractivity contribution in [2.24, 2.45) is 4.99 Å². The maximum absolute atomic E-state index is 11.7. The van der Waals surface area contributed by atoms with Crippen LogP contribution in [-0.2, 0) is 0 Å². The number of carbonyl (C=O) groups is 1. The van der Waals surface area contributed by atoms with Gasteiger partial charge in [-0.1, -0.05) is 0 Å². The van der Waals surface area contributed by atoms with Gasteiger partial charge in [0.05, 0.1) is 6.20 Å². The van der Waals surface area contributed by atoms with Gasteiger partial charge in [0, 0.05) is 45.6 Å². The van der Waals surface area contributed by atoms with Gasteiger partial charge >= 0.3 is 0 Å². The molecular formula is C13H21IN6O. The first kappa shape index (κ1) is 17.6. The molecule has 0 atom stereocenters. The van der Waals surface area contributed by atoms with Crippen LogP contribution in [0, 0.1) is 0 Å². The van der Waals surface area contributed by atoms with Gasteiger partial charge in [0.15, 0.2) is 5.96 Å². The highest BCUT2D eigenvalue weighted by atomic mass is 127. The van der Waals surface area contributed by atoms with Crippen LogP contribution in [0.4, 0.5) is 0 Å². The van der Waals surface area contributed by atoms with Crippen molar-refractivity contribution in [3.8, 4) is 0 Å². The Morgan fingerprint density at radius 2 is 2.00 bits per heavy atom. The van der Waals surface area contributed by atoms with Gasteiger partial charge in [-0.15, -0.1) is 24.0 Å². The van der Waals surface area contributed by atoms with Crippen molar-refractivity contribution < 1.29 is 4.79 Å². The fourth-order valence-electron chi connectivity index (χ4n) is 2.12. The van der Waals surface area contributed by atoms with Gasteiger partial charge < -0.3 is 15.5 Å². The van der Waals surface area contributed by atoms with Crippen LogP contribution in [0.5, 0.6) is 0 Å². The Bertz CT molecular complexity index is 461. The average molecular weight is 404 g/mol. The molecule has 1 aromatic rings. The molecule has 2 rings (SSSR count). The summed E-state index contributed by atoms with van der Waals surface area (Å²) in [6.07, 6.45) is 6.92. The summed E-state index contributed by atoms with van der Waals surface area (Å²) < 4.78 is 0. The lowest BCUT2D eigenvalue weighted by molar-refractivity contribution is 0.0949. The summed E-state index contributed by atoms with van der Waals surface area (Å²) in [4.78, 5) is 26.0. The summed E-state index contributed by atoms with van der Waals surface area (Å²) >= 11 is 0. The number of carbonyl (C=O) groups excluding carboxylic acids is 1. The van der Waals surface area contributed by atoms with E-state index in [4.69, 9.17) is 0 Å². The predicted molar refractivity (Wildman–Crippen MR) is 91.9 cm³/mol. The van der Waals surface area contributed by atoms with Crippen LogP contribution in [0.2, 0.25) is 0 Å². The zero-order valence-electron chi connectivity index (χ0n) is 12.1. The molecule has 116 valence electrons. The molecule has 7 nitrogen and oxygen atoms in total. The smallest absolute Gasteiger partial charge is 0.271 e. The van der Waals surface area contributed by atoms with Gasteiger partial charge in [-0.3, -0.25) is 14.8 Å². The molecule has 0 unspecified atom stereocenters. The molecule has 2 heterocycles. The van der Waals surface area contributed by atoms with E-state index in [0.717, 1.165) is 19.0 Å². The van der Waals surface area contributed by atoms with Crippen LogP contribution in [0.25, 0.3) is 0 Å². The van der Waals surface area contributed by atoms with Crippen molar-refractivity contribution in [2.45, 2.75) is 12.8 Å². The Labute approximate surface area is 141 Å². The van der Waals surface area contributed by atoms with Crippen LogP contribution in [0.3, 0.4) is 0 Å². The minimum absolute atomic E-state index is 0. The average Bonchev–Trinajstić information content (AvgIpc) is 3.02. The van der Waals surface area contributed by atoms with Crippen molar-refractivity contribution >= 4 is 35.8 Å². The molecule has 0 aromatic carbocycles. The maximum atomic E-state index is 11.7. The predicted octanol–water partition coefficient (Wildman–Crippen LogP) is 0.496. The number of aliphatic imine (C=N–C) groups is 1. The molecule has 0 bridgehead atoms. The molecule has 21 heavy (non-hydrogen) atoms. The van der Waals surface area contributed by atoms with Gasteiger partial charge in [-0.05, 0) is 12.8 Å². The highest BCUT2D eigenvalue weighted by molar-refractivity contribution is 14.0. The molecule has 1 amide bonds. The van der Waals surface area contributed by atoms with E-state index in [2.05, 4.69) is 30.5 Å². The van der Waals surface area contributed by atoms with E-state index < -0.39 is 0 Å². The summed E-state index contributed by atoms with van der Waals surface area (Å²) in [7, 11) is 1.78. The first-order chi connectivity index (χ1) is 9.81. The lowest BCUT2D eigenvalue weighted by atomic mass is 10.4. The van der Waals surface area contributed by atoms with Crippen molar-refractivity contribution in [1.29, 1.82) is 0 Å². The van der Waals surface area contributed by atoms with Crippen molar-refractivity contribution in [3.05, 3.63) is 24.3 Å². The molecule has 0 radical (unpaired) electrons. The molecule has 0 saturated carbocycles. The van der Waals surface area contributed by atoms with Gasteiger partial charge in [0.25, 0.3) is 5.91 Å². The van der Waals surface area contributed by atoms with E-state index in [9.17, 15) is 4.79 Å². The van der Waals surface area contributed by atoms with Crippen LogP contribution in [-0.4, -0.2) is 60.0 Å². The molecule has 8 heteroatoms. The number of hydrogen-bond donors (Lipinski definition) is 2. The molecule has 1 aromatic heterocycles. The fraction of sp³-hybridized carbons (Fsp3) is 0.538. The zero-order valence-corrected chi connectivity index (χ0v) is 14.4. The number of rotatable bonds is 4. The Hall–Kier alpha value is -1.45. The molecule has 0 spiro atoms. The lowest BCUT2D eigenvalue weighted by Gasteiger charge is -2.20. The molecule has 1 saturated heterocycles. The summed E-state index contributed by atoms with van der Waals surface area (Å²) in [5.41, 5.74) is 0.330. The highest BCUT2D eigenvalue weighted by Gasteiger charge is 2.15. The second kappa shape index (κ2) is 9.48. The van der Waals surface area contributed by atoms with Gasteiger partial charge in [0.1, 0.15) is 5.69 Å². The van der Waals surface area contributed by atoms with E-state index in [-0.39, 0.29) is 29.9 Å². The Morgan fingerprint density at radius 1 is 1.29 bits per heavy atom. The fourth-order valence-corrected chi connectivity index (χ4v) is 2.12. The topological polar surface area (TPSA) is 82.5 Å². The van der Waals surface area contributed by atoms with E-state index in [0.29, 0.717) is 18.8 Å². The van der Waals surface area contributed by atoms with Crippen LogP contribution in [0.1, 0.15) is 23.3 Å². The monoisotopic (exact) mass is 404 g/mol. The minimum atomic E-state index is -0.212. The third-order valence-corrected chi connectivity index (χ3v) is 3.11. The Kier molecular flexibility index (Phi) is 7.95. The van der Waals surface area contributed by atoms with E-state index in [1.165, 1.54) is 25.2 Å². The number of aromatic nitrogens is 2. The second-order valence-corrected chi connectivity index (χ2v) is 4.51. The summed E-state index contributed by atoms with van der Waals surface area (Å²) in [5.74, 6) is 0.687. The Morgan fingerprint density at radius 3 is 2.62 bits per heavy atom. The van der Waals surface area contributed by atoms with Crippen molar-refractivity contribution in [2.75, 3.05) is 33.2 Å². The number of guanidine groups is 1. The number of likely N-dealkylation sites (tertiary alicyclic amines) is 1. The van der Waals surface area contributed by atoms with E-state index in [1.807, 2.05) is 0 Å². The van der Waals surface area contributed by atoms with Crippen LogP contribution < -0.4 is 10.6 Å². The van der Waals surface area contributed by atoms with Crippen LogP contribution in [0.15, 0.2) is 23.6 Å². The van der Waals surface area contributed by atoms with Crippen molar-refractivity contribution in [1.82, 2.24) is 25.5 Å². The SMILES string of the molecule is CN=C(NCCNC(=O)c1cnccn1)N1CCCC1.I. The van der Waals surface area contributed by atoms with Gasteiger partial charge in [0.2, 0.25) is 0 Å². The molecule has 1 fully saturated rings. The molecule has 0 aliphatic carbocycles. The Balaban J connectivity index is 0.00000220. The maximum Gasteiger partial charge on any atom is 0.271 e. The van der Waals surface area contributed by atoms with E-state index in [1.54, 1.807) is 13.2 Å². The summed E-state index contributed by atoms with van der Waals surface area (Å²) in [5, 5.41) is 6.03.